The van der Waals surface area contributed by atoms with Crippen molar-refractivity contribution in [2.45, 2.75) is 155 Å². The molecule has 0 aromatic rings. The summed E-state index contributed by atoms with van der Waals surface area (Å²) < 4.78 is 7.49. The SMILES string of the molecule is [3H]C(C)CCCCCCCCCCCCCCCCCCCCCC. The Morgan fingerprint density at radius 3 is 0.750 bits per heavy atom. The molecule has 0 saturated carbocycles. The van der Waals surface area contributed by atoms with E-state index in [-0.39, 0.29) is 6.40 Å². The molecule has 0 aromatic heterocycles. The van der Waals surface area contributed by atoms with Gasteiger partial charge < -0.3 is 0 Å². The molecule has 1 unspecified atom stereocenters. The third-order valence-electron chi connectivity index (χ3n) is 5.35. The zero-order valence-electron chi connectivity index (χ0n) is 18.4. The lowest BCUT2D eigenvalue weighted by Crippen LogP contribution is -1.84. The lowest BCUT2D eigenvalue weighted by atomic mass is 10.0. The molecule has 0 aliphatic heterocycles. The molecule has 1 atom stereocenters. The molecule has 0 aromatic carbocycles. The predicted molar refractivity (Wildman–Crippen MR) is 113 cm³/mol. The second kappa shape index (κ2) is 23.0. The standard InChI is InChI=1S/C24H50/c1-3-5-7-9-11-13-15-17-19-21-23-24-22-20-18-16-14-12-10-8-6-4-2/h3-24H2,1-2H3/i3T. The normalized spacial score (nSPS) is 13.2. The molecule has 0 nitrogen and oxygen atoms in total. The minimum atomic E-state index is 0.149. The summed E-state index contributed by atoms with van der Waals surface area (Å²) in [5.41, 5.74) is 0. The Kier molecular flexibility index (Phi) is 21.1. The van der Waals surface area contributed by atoms with Gasteiger partial charge in [0.2, 0.25) is 0 Å². The Labute approximate surface area is 157 Å². The molecule has 0 spiro atoms. The minimum Gasteiger partial charge on any atom is -0.0654 e. The fraction of sp³-hybridized carbons (Fsp3) is 1.00. The molecule has 0 saturated heterocycles. The highest BCUT2D eigenvalue weighted by Gasteiger charge is 1.95. The van der Waals surface area contributed by atoms with Gasteiger partial charge in [0, 0.05) is 1.37 Å². The fourth-order valence-electron chi connectivity index (χ4n) is 3.60. The van der Waals surface area contributed by atoms with Crippen molar-refractivity contribution in [3.05, 3.63) is 0 Å². The average molecular weight is 341 g/mol. The Balaban J connectivity index is 2.96. The summed E-state index contributed by atoms with van der Waals surface area (Å²) in [6.07, 6.45) is 30.0. The average Bonchev–Trinajstić information content (AvgIpc) is 2.60. The van der Waals surface area contributed by atoms with Gasteiger partial charge >= 0.3 is 0 Å². The van der Waals surface area contributed by atoms with Crippen molar-refractivity contribution in [2.75, 3.05) is 0 Å². The summed E-state index contributed by atoms with van der Waals surface area (Å²) in [5.74, 6) is 0. The van der Waals surface area contributed by atoms with Crippen molar-refractivity contribution in [1.29, 1.82) is 0 Å². The molecule has 0 radical (unpaired) electrons. The zero-order chi connectivity index (χ0) is 18.4. The Morgan fingerprint density at radius 1 is 0.333 bits per heavy atom. The number of unbranched alkanes of at least 4 members (excludes halogenated alkanes) is 19. The first-order valence-corrected chi connectivity index (χ1v) is 11.7. The highest BCUT2D eigenvalue weighted by atomic mass is 14.0. The zero-order valence-corrected chi connectivity index (χ0v) is 17.4. The van der Waals surface area contributed by atoms with Gasteiger partial charge in [0.15, 0.2) is 0 Å². The first-order valence-electron chi connectivity index (χ1n) is 12.3. The van der Waals surface area contributed by atoms with Gasteiger partial charge in [-0.3, -0.25) is 0 Å². The maximum atomic E-state index is 7.49. The van der Waals surface area contributed by atoms with E-state index in [1.807, 2.05) is 6.92 Å². The van der Waals surface area contributed by atoms with Crippen LogP contribution in [0.5, 0.6) is 0 Å². The van der Waals surface area contributed by atoms with E-state index in [4.69, 9.17) is 1.37 Å². The van der Waals surface area contributed by atoms with Crippen LogP contribution in [0, 0.1) is 0 Å². The van der Waals surface area contributed by atoms with Gasteiger partial charge in [-0.2, -0.15) is 0 Å². The second-order valence-corrected chi connectivity index (χ2v) is 7.91. The lowest BCUT2D eigenvalue weighted by Gasteiger charge is -2.04. The second-order valence-electron chi connectivity index (χ2n) is 7.91. The van der Waals surface area contributed by atoms with Crippen LogP contribution in [-0.4, -0.2) is 0 Å². The summed E-state index contributed by atoms with van der Waals surface area (Å²) in [6, 6.07) is 0. The monoisotopic (exact) mass is 340 g/mol. The summed E-state index contributed by atoms with van der Waals surface area (Å²) >= 11 is 0. The Hall–Kier alpha value is 0. The van der Waals surface area contributed by atoms with Gasteiger partial charge in [-0.25, -0.2) is 0 Å². The van der Waals surface area contributed by atoms with Crippen LogP contribution >= 0.6 is 0 Å². The molecule has 0 rings (SSSR count). The van der Waals surface area contributed by atoms with Crippen LogP contribution < -0.4 is 0 Å². The van der Waals surface area contributed by atoms with Crippen molar-refractivity contribution in [2.24, 2.45) is 0 Å². The summed E-state index contributed by atoms with van der Waals surface area (Å²) in [7, 11) is 0. The molecule has 0 bridgehead atoms. The van der Waals surface area contributed by atoms with Crippen LogP contribution in [-0.2, 0) is 0 Å². The van der Waals surface area contributed by atoms with Crippen molar-refractivity contribution in [3.8, 4) is 0 Å². The maximum absolute atomic E-state index is 7.49. The Bertz CT molecular complexity index is 224. The molecule has 146 valence electrons. The fourth-order valence-corrected chi connectivity index (χ4v) is 3.60. The van der Waals surface area contributed by atoms with Crippen LogP contribution in [0.3, 0.4) is 0 Å². The van der Waals surface area contributed by atoms with Gasteiger partial charge in [0.1, 0.15) is 0 Å². The van der Waals surface area contributed by atoms with Gasteiger partial charge in [-0.05, 0) is 0 Å². The highest BCUT2D eigenvalue weighted by Crippen LogP contribution is 2.15. The molecule has 0 heterocycles. The third kappa shape index (κ3) is 22.0. The van der Waals surface area contributed by atoms with E-state index in [9.17, 15) is 0 Å². The topological polar surface area (TPSA) is 0 Å². The van der Waals surface area contributed by atoms with E-state index < -0.39 is 0 Å². The number of hydrogen-bond donors (Lipinski definition) is 0. The molecule has 0 fully saturated rings. The minimum absolute atomic E-state index is 0.149. The van der Waals surface area contributed by atoms with E-state index in [1.54, 1.807) is 0 Å². The molecule has 0 amide bonds. The van der Waals surface area contributed by atoms with Crippen molar-refractivity contribution >= 4 is 0 Å². The van der Waals surface area contributed by atoms with Crippen LogP contribution in [0.1, 0.15) is 156 Å². The van der Waals surface area contributed by atoms with Gasteiger partial charge in [0.25, 0.3) is 0 Å². The van der Waals surface area contributed by atoms with Crippen molar-refractivity contribution in [3.63, 3.8) is 0 Å². The van der Waals surface area contributed by atoms with E-state index >= 15 is 0 Å². The predicted octanol–water partition coefficient (Wildman–Crippen LogP) is 9.61. The Morgan fingerprint density at radius 2 is 0.542 bits per heavy atom. The maximum Gasteiger partial charge on any atom is 0.0264 e. The van der Waals surface area contributed by atoms with Crippen LogP contribution in [0.15, 0.2) is 0 Å². The van der Waals surface area contributed by atoms with E-state index in [0.29, 0.717) is 0 Å². The molecular formula is C24H50. The van der Waals surface area contributed by atoms with Crippen molar-refractivity contribution < 1.29 is 1.37 Å². The largest absolute Gasteiger partial charge is 0.0654 e. The molecular weight excluding hydrogens is 288 g/mol. The number of hydrogen-bond acceptors (Lipinski definition) is 0. The van der Waals surface area contributed by atoms with Crippen LogP contribution in [0.4, 0.5) is 0 Å². The lowest BCUT2D eigenvalue weighted by molar-refractivity contribution is 0.520. The third-order valence-corrected chi connectivity index (χ3v) is 5.35. The quantitative estimate of drug-likeness (QED) is 0.182. The van der Waals surface area contributed by atoms with Crippen molar-refractivity contribution in [1.82, 2.24) is 0 Å². The van der Waals surface area contributed by atoms with Crippen LogP contribution in [0.2, 0.25) is 0 Å². The summed E-state index contributed by atoms with van der Waals surface area (Å²) in [5, 5.41) is 0. The molecule has 24 heavy (non-hydrogen) atoms. The number of rotatable bonds is 21. The summed E-state index contributed by atoms with van der Waals surface area (Å²) in [6.45, 7) is 4.31. The van der Waals surface area contributed by atoms with E-state index in [0.717, 1.165) is 6.42 Å². The van der Waals surface area contributed by atoms with Gasteiger partial charge in [-0.15, -0.1) is 0 Å². The molecule has 0 aliphatic carbocycles. The molecule has 0 heteroatoms. The van der Waals surface area contributed by atoms with E-state index in [2.05, 4.69) is 6.92 Å². The van der Waals surface area contributed by atoms with Gasteiger partial charge in [-0.1, -0.05) is 155 Å². The first kappa shape index (κ1) is 22.0. The van der Waals surface area contributed by atoms with Gasteiger partial charge in [0.05, 0.1) is 0 Å². The smallest absolute Gasteiger partial charge is 0.0264 e. The summed E-state index contributed by atoms with van der Waals surface area (Å²) in [4.78, 5) is 0. The van der Waals surface area contributed by atoms with E-state index in [1.165, 1.54) is 128 Å². The van der Waals surface area contributed by atoms with Crippen LogP contribution in [0.25, 0.3) is 0 Å². The highest BCUT2D eigenvalue weighted by molar-refractivity contribution is 4.50. The first-order chi connectivity index (χ1) is 12.3. The molecule has 0 aliphatic rings. The molecule has 0 N–H and O–H groups in total.